The number of carbonyl (C=O) groups excluding carboxylic acids is 1. The Hall–Kier alpha value is -3.02. The molecule has 0 N–H and O–H groups in total. The van der Waals surface area contributed by atoms with Crippen molar-refractivity contribution in [3.05, 3.63) is 69.5 Å². The van der Waals surface area contributed by atoms with E-state index in [2.05, 4.69) is 10.3 Å². The molecule has 1 aromatic heterocycles. The van der Waals surface area contributed by atoms with Gasteiger partial charge in [-0.3, -0.25) is 4.79 Å². The monoisotopic (exact) mass is 309 g/mol. The summed E-state index contributed by atoms with van der Waals surface area (Å²) in [4.78, 5) is 24.4. The smallest absolute Gasteiger partial charge is 0.340 e. The summed E-state index contributed by atoms with van der Waals surface area (Å²) in [6, 6.07) is 12.3. The molecular weight excluding hydrogens is 294 g/mol. The molecule has 0 saturated heterocycles. The first-order chi connectivity index (χ1) is 11.1. The van der Waals surface area contributed by atoms with Crippen LogP contribution >= 0.6 is 0 Å². The lowest BCUT2D eigenvalue weighted by atomic mass is 10.0. The molecular formula is C17H15N3O3. The zero-order valence-electron chi connectivity index (χ0n) is 12.8. The summed E-state index contributed by atoms with van der Waals surface area (Å²) in [5.74, 6) is -0.493. The summed E-state index contributed by atoms with van der Waals surface area (Å²) < 4.78 is 6.23. The summed E-state index contributed by atoms with van der Waals surface area (Å²) in [7, 11) is 0. The lowest BCUT2D eigenvalue weighted by Crippen LogP contribution is -2.26. The van der Waals surface area contributed by atoms with Crippen molar-refractivity contribution in [3.63, 3.8) is 0 Å². The van der Waals surface area contributed by atoms with Crippen LogP contribution in [-0.4, -0.2) is 21.0 Å². The summed E-state index contributed by atoms with van der Waals surface area (Å²) in [6.45, 7) is 3.50. The van der Waals surface area contributed by atoms with E-state index in [9.17, 15) is 9.59 Å². The molecule has 2 aromatic carbocycles. The van der Waals surface area contributed by atoms with Crippen LogP contribution in [0.1, 0.15) is 21.5 Å². The van der Waals surface area contributed by atoms with Crippen LogP contribution in [0, 0.1) is 13.8 Å². The molecule has 0 amide bonds. The van der Waals surface area contributed by atoms with E-state index in [0.717, 1.165) is 15.8 Å². The minimum Gasteiger partial charge on any atom is -0.439 e. The maximum Gasteiger partial charge on any atom is 0.340 e. The van der Waals surface area contributed by atoms with Gasteiger partial charge in [0.15, 0.2) is 6.73 Å². The number of rotatable bonds is 3. The predicted molar refractivity (Wildman–Crippen MR) is 85.1 cm³/mol. The lowest BCUT2D eigenvalue weighted by Gasteiger charge is -2.09. The highest BCUT2D eigenvalue weighted by molar-refractivity contribution is 5.91. The number of aryl methyl sites for hydroxylation is 1. The second-order valence-electron chi connectivity index (χ2n) is 5.22. The third kappa shape index (κ3) is 2.83. The Morgan fingerprint density at radius 2 is 1.91 bits per heavy atom. The molecule has 0 aliphatic carbocycles. The van der Waals surface area contributed by atoms with E-state index in [1.54, 1.807) is 36.4 Å². The van der Waals surface area contributed by atoms with E-state index < -0.39 is 5.97 Å². The number of nitrogens with zero attached hydrogens (tertiary/aromatic N) is 3. The minimum absolute atomic E-state index is 0.275. The Balaban J connectivity index is 1.83. The molecule has 6 nitrogen and oxygen atoms in total. The van der Waals surface area contributed by atoms with Gasteiger partial charge in [0.05, 0.1) is 10.9 Å². The average molecular weight is 309 g/mol. The van der Waals surface area contributed by atoms with Crippen molar-refractivity contribution in [2.24, 2.45) is 0 Å². The lowest BCUT2D eigenvalue weighted by molar-refractivity contribution is 0.0335. The summed E-state index contributed by atoms with van der Waals surface area (Å²) in [5, 5.41) is 8.17. The van der Waals surface area contributed by atoms with Crippen molar-refractivity contribution in [1.29, 1.82) is 0 Å². The van der Waals surface area contributed by atoms with Crippen LogP contribution in [0.4, 0.5) is 0 Å². The maximum atomic E-state index is 12.3. The molecule has 6 heteroatoms. The van der Waals surface area contributed by atoms with Crippen LogP contribution in [0.3, 0.4) is 0 Å². The number of esters is 1. The number of benzene rings is 2. The second kappa shape index (κ2) is 6.00. The van der Waals surface area contributed by atoms with E-state index in [1.807, 2.05) is 19.9 Å². The van der Waals surface area contributed by atoms with Crippen molar-refractivity contribution < 1.29 is 9.53 Å². The van der Waals surface area contributed by atoms with Crippen molar-refractivity contribution >= 4 is 16.9 Å². The summed E-state index contributed by atoms with van der Waals surface area (Å²) >= 11 is 0. The van der Waals surface area contributed by atoms with Gasteiger partial charge in [0, 0.05) is 0 Å². The number of aromatic nitrogens is 3. The van der Waals surface area contributed by atoms with Crippen LogP contribution in [0.25, 0.3) is 10.9 Å². The first kappa shape index (κ1) is 14.9. The fraction of sp³-hybridized carbons (Fsp3) is 0.176. The molecule has 0 saturated carbocycles. The van der Waals surface area contributed by atoms with Gasteiger partial charge in [0.2, 0.25) is 0 Å². The van der Waals surface area contributed by atoms with E-state index in [0.29, 0.717) is 16.5 Å². The molecule has 0 aliphatic rings. The Morgan fingerprint density at radius 3 is 2.74 bits per heavy atom. The molecule has 0 atom stereocenters. The molecule has 116 valence electrons. The molecule has 0 spiro atoms. The first-order valence-corrected chi connectivity index (χ1v) is 7.14. The van der Waals surface area contributed by atoms with Crippen LogP contribution in [0.5, 0.6) is 0 Å². The van der Waals surface area contributed by atoms with Crippen molar-refractivity contribution in [3.8, 4) is 0 Å². The number of hydrogen-bond donors (Lipinski definition) is 0. The first-order valence-electron chi connectivity index (χ1n) is 7.14. The van der Waals surface area contributed by atoms with Gasteiger partial charge in [-0.15, -0.1) is 5.10 Å². The third-order valence-electron chi connectivity index (χ3n) is 3.77. The molecule has 3 aromatic rings. The van der Waals surface area contributed by atoms with Gasteiger partial charge in [-0.05, 0) is 43.2 Å². The second-order valence-corrected chi connectivity index (χ2v) is 5.22. The van der Waals surface area contributed by atoms with Crippen molar-refractivity contribution in [1.82, 2.24) is 15.0 Å². The number of carbonyl (C=O) groups is 1. The standard InChI is InChI=1S/C17H15N3O3/c1-11-6-5-8-13(12(11)2)17(22)23-10-20-16(21)14-7-3-4-9-15(14)18-19-20/h3-9H,10H2,1-2H3. The highest BCUT2D eigenvalue weighted by atomic mass is 16.5. The molecule has 0 radical (unpaired) electrons. The average Bonchev–Trinajstić information content (AvgIpc) is 2.57. The molecule has 0 unspecified atom stereocenters. The maximum absolute atomic E-state index is 12.3. The molecule has 0 fully saturated rings. The van der Waals surface area contributed by atoms with Crippen LogP contribution < -0.4 is 5.56 Å². The topological polar surface area (TPSA) is 74.1 Å². The predicted octanol–water partition coefficient (Wildman–Crippen LogP) is 2.22. The summed E-state index contributed by atoms with van der Waals surface area (Å²) in [6.07, 6.45) is 0. The Labute approximate surface area is 132 Å². The Kier molecular flexibility index (Phi) is 3.89. The highest BCUT2D eigenvalue weighted by Gasteiger charge is 2.13. The van der Waals surface area contributed by atoms with Crippen LogP contribution in [0.2, 0.25) is 0 Å². The van der Waals surface area contributed by atoms with Gasteiger partial charge in [0.1, 0.15) is 5.52 Å². The summed E-state index contributed by atoms with van der Waals surface area (Å²) in [5.41, 5.74) is 2.50. The van der Waals surface area contributed by atoms with Crippen molar-refractivity contribution in [2.75, 3.05) is 0 Å². The molecule has 0 bridgehead atoms. The van der Waals surface area contributed by atoms with Crippen LogP contribution in [0.15, 0.2) is 47.3 Å². The van der Waals surface area contributed by atoms with Gasteiger partial charge in [0.25, 0.3) is 5.56 Å². The van der Waals surface area contributed by atoms with Crippen molar-refractivity contribution in [2.45, 2.75) is 20.6 Å². The fourth-order valence-corrected chi connectivity index (χ4v) is 2.28. The van der Waals surface area contributed by atoms with Gasteiger partial charge >= 0.3 is 5.97 Å². The van der Waals surface area contributed by atoms with Gasteiger partial charge in [-0.1, -0.05) is 29.5 Å². The quantitative estimate of drug-likeness (QED) is 0.694. The molecule has 1 heterocycles. The van der Waals surface area contributed by atoms with E-state index in [-0.39, 0.29) is 12.3 Å². The van der Waals surface area contributed by atoms with E-state index >= 15 is 0 Å². The number of hydrogen-bond acceptors (Lipinski definition) is 5. The molecule has 0 aliphatic heterocycles. The normalized spacial score (nSPS) is 10.7. The Bertz CT molecular complexity index is 947. The zero-order chi connectivity index (χ0) is 16.4. The van der Waals surface area contributed by atoms with Crippen LogP contribution in [-0.2, 0) is 11.5 Å². The zero-order valence-corrected chi connectivity index (χ0v) is 12.8. The third-order valence-corrected chi connectivity index (χ3v) is 3.77. The molecule has 23 heavy (non-hydrogen) atoms. The van der Waals surface area contributed by atoms with Gasteiger partial charge in [-0.2, -0.15) is 4.68 Å². The van der Waals surface area contributed by atoms with E-state index in [4.69, 9.17) is 4.74 Å². The molecule has 3 rings (SSSR count). The number of fused-ring (bicyclic) bond motifs is 1. The van der Waals surface area contributed by atoms with E-state index in [1.165, 1.54) is 0 Å². The van der Waals surface area contributed by atoms with Gasteiger partial charge < -0.3 is 4.74 Å². The SMILES string of the molecule is Cc1cccc(C(=O)OCn2nnc3ccccc3c2=O)c1C. The Morgan fingerprint density at radius 1 is 1.13 bits per heavy atom. The largest absolute Gasteiger partial charge is 0.439 e. The van der Waals surface area contributed by atoms with Gasteiger partial charge in [-0.25, -0.2) is 4.79 Å². The fourth-order valence-electron chi connectivity index (χ4n) is 2.28. The highest BCUT2D eigenvalue weighted by Crippen LogP contribution is 2.14. The minimum atomic E-state index is -0.493. The number of ether oxygens (including phenoxy) is 1.